The van der Waals surface area contributed by atoms with Gasteiger partial charge in [-0.2, -0.15) is 12.6 Å². The minimum absolute atomic E-state index is 0.141. The Bertz CT molecular complexity index is 482. The van der Waals surface area contributed by atoms with Crippen molar-refractivity contribution < 1.29 is 4.74 Å². The lowest BCUT2D eigenvalue weighted by Gasteiger charge is -2.08. The van der Waals surface area contributed by atoms with E-state index in [2.05, 4.69) is 49.0 Å². The lowest BCUT2D eigenvalue weighted by atomic mass is 10.1. The van der Waals surface area contributed by atoms with E-state index in [4.69, 9.17) is 16.3 Å². The zero-order chi connectivity index (χ0) is 13.5. The van der Waals surface area contributed by atoms with E-state index in [-0.39, 0.29) is 4.71 Å². The minimum Gasteiger partial charge on any atom is -0.494 e. The Labute approximate surface area is 125 Å². The molecule has 0 aliphatic heterocycles. The van der Waals surface area contributed by atoms with Gasteiger partial charge >= 0.3 is 0 Å². The molecule has 0 aliphatic rings. The van der Waals surface area contributed by atoms with E-state index in [0.717, 1.165) is 18.6 Å². The zero-order valence-electron chi connectivity index (χ0n) is 10.6. The molecule has 0 saturated carbocycles. The second kappa shape index (κ2) is 7.46. The first-order valence-electron chi connectivity index (χ1n) is 6.32. The summed E-state index contributed by atoms with van der Waals surface area (Å²) in [5.41, 5.74) is 2.60. The van der Waals surface area contributed by atoms with Crippen LogP contribution in [0.15, 0.2) is 54.6 Å². The van der Waals surface area contributed by atoms with Crippen LogP contribution >= 0.6 is 24.2 Å². The highest BCUT2D eigenvalue weighted by Gasteiger charge is 2.00. The van der Waals surface area contributed by atoms with Crippen LogP contribution in [0.4, 0.5) is 0 Å². The van der Waals surface area contributed by atoms with Crippen molar-refractivity contribution in [1.82, 2.24) is 0 Å². The molecule has 1 unspecified atom stereocenters. The summed E-state index contributed by atoms with van der Waals surface area (Å²) in [6, 6.07) is 18.6. The lowest BCUT2D eigenvalue weighted by Crippen LogP contribution is -2.01. The summed E-state index contributed by atoms with van der Waals surface area (Å²) in [7, 11) is 0. The van der Waals surface area contributed by atoms with Gasteiger partial charge in [-0.25, -0.2) is 0 Å². The molecule has 1 nitrogen and oxygen atoms in total. The van der Waals surface area contributed by atoms with Crippen molar-refractivity contribution in [1.29, 1.82) is 0 Å². The Morgan fingerprint density at radius 3 is 2.21 bits per heavy atom. The van der Waals surface area contributed by atoms with Gasteiger partial charge < -0.3 is 4.74 Å². The number of ether oxygens (including phenoxy) is 1. The van der Waals surface area contributed by atoms with Crippen LogP contribution in [0, 0.1) is 0 Å². The molecule has 19 heavy (non-hydrogen) atoms. The molecule has 0 aromatic heterocycles. The number of alkyl halides is 1. The number of hydrogen-bond donors (Lipinski definition) is 1. The molecule has 1 atom stereocenters. The van der Waals surface area contributed by atoms with E-state index in [1.54, 1.807) is 0 Å². The largest absolute Gasteiger partial charge is 0.494 e. The van der Waals surface area contributed by atoms with Gasteiger partial charge in [0, 0.05) is 6.42 Å². The average Bonchev–Trinajstić information content (AvgIpc) is 2.42. The van der Waals surface area contributed by atoms with E-state index in [1.165, 1.54) is 11.1 Å². The van der Waals surface area contributed by atoms with Gasteiger partial charge in [0.25, 0.3) is 0 Å². The van der Waals surface area contributed by atoms with Crippen LogP contribution in [0.1, 0.15) is 17.5 Å². The maximum atomic E-state index is 5.74. The molecule has 0 bridgehead atoms. The molecule has 3 heteroatoms. The van der Waals surface area contributed by atoms with Crippen molar-refractivity contribution in [3.63, 3.8) is 0 Å². The molecule has 0 heterocycles. The van der Waals surface area contributed by atoms with Crippen LogP contribution in [0.3, 0.4) is 0 Å². The maximum absolute atomic E-state index is 5.74. The van der Waals surface area contributed by atoms with E-state index in [0.29, 0.717) is 6.61 Å². The Morgan fingerprint density at radius 2 is 1.58 bits per heavy atom. The first kappa shape index (κ1) is 14.3. The van der Waals surface area contributed by atoms with Crippen molar-refractivity contribution in [2.45, 2.75) is 17.6 Å². The standard InChI is InChI=1S/C16H17ClOS/c17-16(19)10-11-18-15-8-6-14(7-9-15)12-13-4-2-1-3-5-13/h1-9,16,19H,10-12H2. The van der Waals surface area contributed by atoms with Crippen molar-refractivity contribution >= 4 is 24.2 Å². The predicted octanol–water partition coefficient (Wildman–Crippen LogP) is 4.54. The summed E-state index contributed by atoms with van der Waals surface area (Å²) in [4.78, 5) is 0. The van der Waals surface area contributed by atoms with Gasteiger partial charge in [0.1, 0.15) is 5.75 Å². The minimum atomic E-state index is -0.141. The SMILES string of the molecule is SC(Cl)CCOc1ccc(Cc2ccccc2)cc1. The summed E-state index contributed by atoms with van der Waals surface area (Å²) in [6.45, 7) is 0.593. The molecule has 2 rings (SSSR count). The second-order valence-corrected chi connectivity index (χ2v) is 5.83. The fourth-order valence-corrected chi connectivity index (χ4v) is 2.00. The number of hydrogen-bond acceptors (Lipinski definition) is 2. The molecule has 0 N–H and O–H groups in total. The third kappa shape index (κ3) is 5.17. The Morgan fingerprint density at radius 1 is 0.947 bits per heavy atom. The van der Waals surface area contributed by atoms with Gasteiger partial charge in [0.05, 0.1) is 11.3 Å². The summed E-state index contributed by atoms with van der Waals surface area (Å²) in [5, 5.41) is 0. The molecular weight excluding hydrogens is 276 g/mol. The first-order valence-corrected chi connectivity index (χ1v) is 7.27. The van der Waals surface area contributed by atoms with Crippen LogP contribution in [-0.4, -0.2) is 11.3 Å². The molecule has 100 valence electrons. The van der Waals surface area contributed by atoms with Crippen LogP contribution < -0.4 is 4.74 Å². The fourth-order valence-electron chi connectivity index (χ4n) is 1.81. The van der Waals surface area contributed by atoms with Gasteiger partial charge in [-0.15, -0.1) is 11.6 Å². The van der Waals surface area contributed by atoms with Crippen molar-refractivity contribution in [2.24, 2.45) is 0 Å². The number of rotatable bonds is 6. The Balaban J connectivity index is 1.88. The number of benzene rings is 2. The quantitative estimate of drug-likeness (QED) is 0.607. The Kier molecular flexibility index (Phi) is 5.62. The maximum Gasteiger partial charge on any atom is 0.119 e. The highest BCUT2D eigenvalue weighted by atomic mass is 35.5. The molecule has 0 radical (unpaired) electrons. The molecule has 0 spiro atoms. The summed E-state index contributed by atoms with van der Waals surface area (Å²) >= 11 is 9.85. The number of thiol groups is 1. The van der Waals surface area contributed by atoms with E-state index in [9.17, 15) is 0 Å². The summed E-state index contributed by atoms with van der Waals surface area (Å²) in [5.74, 6) is 0.877. The fraction of sp³-hybridized carbons (Fsp3) is 0.250. The molecule has 2 aromatic rings. The number of halogens is 1. The first-order chi connectivity index (χ1) is 9.24. The van der Waals surface area contributed by atoms with Gasteiger partial charge in [0.2, 0.25) is 0 Å². The highest BCUT2D eigenvalue weighted by Crippen LogP contribution is 2.16. The van der Waals surface area contributed by atoms with Crippen LogP contribution in [0.25, 0.3) is 0 Å². The third-order valence-corrected chi connectivity index (χ3v) is 3.28. The van der Waals surface area contributed by atoms with Gasteiger partial charge in [-0.3, -0.25) is 0 Å². The van der Waals surface area contributed by atoms with E-state index >= 15 is 0 Å². The van der Waals surface area contributed by atoms with E-state index < -0.39 is 0 Å². The zero-order valence-corrected chi connectivity index (χ0v) is 12.3. The highest BCUT2D eigenvalue weighted by molar-refractivity contribution is 7.82. The van der Waals surface area contributed by atoms with Gasteiger partial charge in [-0.1, -0.05) is 42.5 Å². The summed E-state index contributed by atoms with van der Waals surface area (Å²) in [6.07, 6.45) is 1.68. The van der Waals surface area contributed by atoms with Crippen molar-refractivity contribution in [3.05, 3.63) is 65.7 Å². The van der Waals surface area contributed by atoms with Crippen molar-refractivity contribution in [3.8, 4) is 5.75 Å². The topological polar surface area (TPSA) is 9.23 Å². The second-order valence-electron chi connectivity index (χ2n) is 4.38. The molecule has 2 aromatic carbocycles. The molecule has 0 aliphatic carbocycles. The average molecular weight is 293 g/mol. The molecule has 0 saturated heterocycles. The van der Waals surface area contributed by atoms with E-state index in [1.807, 2.05) is 18.2 Å². The van der Waals surface area contributed by atoms with Crippen molar-refractivity contribution in [2.75, 3.05) is 6.61 Å². The third-order valence-electron chi connectivity index (χ3n) is 2.80. The molecule has 0 fully saturated rings. The van der Waals surface area contributed by atoms with Gasteiger partial charge in [-0.05, 0) is 29.7 Å². The van der Waals surface area contributed by atoms with Gasteiger partial charge in [0.15, 0.2) is 0 Å². The smallest absolute Gasteiger partial charge is 0.119 e. The van der Waals surface area contributed by atoms with Crippen LogP contribution in [0.2, 0.25) is 0 Å². The van der Waals surface area contributed by atoms with Crippen LogP contribution in [-0.2, 0) is 6.42 Å². The summed E-state index contributed by atoms with van der Waals surface area (Å²) < 4.78 is 5.45. The monoisotopic (exact) mass is 292 g/mol. The molecule has 0 amide bonds. The predicted molar refractivity (Wildman–Crippen MR) is 84.4 cm³/mol. The molecular formula is C16H17ClOS. The lowest BCUT2D eigenvalue weighted by molar-refractivity contribution is 0.316. The normalized spacial score (nSPS) is 12.1. The van der Waals surface area contributed by atoms with Crippen LogP contribution in [0.5, 0.6) is 5.75 Å². The Hall–Kier alpha value is -1.12.